The maximum absolute atomic E-state index is 12.9. The number of hydrogen-bond acceptors (Lipinski definition) is 4. The zero-order valence-electron chi connectivity index (χ0n) is 15.9. The summed E-state index contributed by atoms with van der Waals surface area (Å²) >= 11 is 0. The first-order valence-electron chi connectivity index (χ1n) is 9.71. The Morgan fingerprint density at radius 3 is 2.86 bits per heavy atom. The van der Waals surface area contributed by atoms with Gasteiger partial charge in [-0.25, -0.2) is 0 Å². The molecule has 6 heteroatoms. The molecular weight excluding hydrogens is 356 g/mol. The number of ether oxygens (including phenoxy) is 2. The Morgan fingerprint density at radius 1 is 1.21 bits per heavy atom. The fraction of sp³-hybridized carbons (Fsp3) is 0.364. The predicted octanol–water partition coefficient (Wildman–Crippen LogP) is 3.08. The van der Waals surface area contributed by atoms with E-state index in [0.29, 0.717) is 25.5 Å². The average molecular weight is 380 g/mol. The van der Waals surface area contributed by atoms with Crippen molar-refractivity contribution in [1.82, 2.24) is 5.32 Å². The number of carbonyl (C=O) groups excluding carboxylic acids is 2. The minimum Gasteiger partial charge on any atom is -0.493 e. The van der Waals surface area contributed by atoms with Gasteiger partial charge in [-0.1, -0.05) is 30.3 Å². The molecule has 28 heavy (non-hydrogen) atoms. The Bertz CT molecular complexity index is 882. The Morgan fingerprint density at radius 2 is 2.00 bits per heavy atom. The largest absolute Gasteiger partial charge is 0.493 e. The van der Waals surface area contributed by atoms with Crippen molar-refractivity contribution in [1.29, 1.82) is 0 Å². The third kappa shape index (κ3) is 3.54. The van der Waals surface area contributed by atoms with E-state index in [1.807, 2.05) is 55.5 Å². The number of carbonyl (C=O) groups is 2. The standard InChI is InChI=1S/C22H24N2O4/c1-2-27-20-10-6-4-8-18(20)24-14-15(13-21(24)25)22(26)23-17-11-12-28-19-9-5-3-7-16(17)19/h3-10,15,17H,2,11-14H2,1H3,(H,23,26)/t15-,17+/m0/s1. The summed E-state index contributed by atoms with van der Waals surface area (Å²) in [5.74, 6) is 0.954. The average Bonchev–Trinajstić information content (AvgIpc) is 3.11. The molecule has 0 saturated carbocycles. The van der Waals surface area contributed by atoms with Crippen LogP contribution in [-0.2, 0) is 9.59 Å². The van der Waals surface area contributed by atoms with E-state index < -0.39 is 0 Å². The van der Waals surface area contributed by atoms with Crippen molar-refractivity contribution < 1.29 is 19.1 Å². The van der Waals surface area contributed by atoms with Gasteiger partial charge in [-0.15, -0.1) is 0 Å². The van der Waals surface area contributed by atoms with Gasteiger partial charge in [0.15, 0.2) is 0 Å². The van der Waals surface area contributed by atoms with Gasteiger partial charge < -0.3 is 19.7 Å². The normalized spacial score (nSPS) is 21.0. The van der Waals surface area contributed by atoms with E-state index in [1.165, 1.54) is 0 Å². The van der Waals surface area contributed by atoms with Crippen LogP contribution in [0.3, 0.4) is 0 Å². The molecule has 1 N–H and O–H groups in total. The number of rotatable bonds is 5. The first kappa shape index (κ1) is 18.3. The zero-order chi connectivity index (χ0) is 19.5. The van der Waals surface area contributed by atoms with Crippen molar-refractivity contribution in [2.45, 2.75) is 25.8 Å². The Balaban J connectivity index is 1.47. The first-order valence-corrected chi connectivity index (χ1v) is 9.71. The lowest BCUT2D eigenvalue weighted by Crippen LogP contribution is -2.37. The van der Waals surface area contributed by atoms with E-state index >= 15 is 0 Å². The smallest absolute Gasteiger partial charge is 0.227 e. The van der Waals surface area contributed by atoms with E-state index in [9.17, 15) is 9.59 Å². The number of nitrogens with zero attached hydrogens (tertiary/aromatic N) is 1. The molecule has 4 rings (SSSR count). The van der Waals surface area contributed by atoms with Crippen molar-refractivity contribution in [3.8, 4) is 11.5 Å². The quantitative estimate of drug-likeness (QED) is 0.866. The molecular formula is C22H24N2O4. The summed E-state index contributed by atoms with van der Waals surface area (Å²) in [6.45, 7) is 3.36. The number of hydrogen-bond donors (Lipinski definition) is 1. The van der Waals surface area contributed by atoms with Gasteiger partial charge in [0.2, 0.25) is 11.8 Å². The van der Waals surface area contributed by atoms with Gasteiger partial charge in [0.25, 0.3) is 0 Å². The highest BCUT2D eigenvalue weighted by Crippen LogP contribution is 2.35. The summed E-state index contributed by atoms with van der Waals surface area (Å²) in [7, 11) is 0. The maximum Gasteiger partial charge on any atom is 0.227 e. The third-order valence-corrected chi connectivity index (χ3v) is 5.23. The molecule has 2 aliphatic rings. The molecule has 2 aromatic rings. The number of para-hydroxylation sites is 3. The summed E-state index contributed by atoms with van der Waals surface area (Å²) in [5, 5.41) is 3.12. The van der Waals surface area contributed by atoms with Crippen molar-refractivity contribution >= 4 is 17.5 Å². The molecule has 0 bridgehead atoms. The molecule has 0 aliphatic carbocycles. The van der Waals surface area contributed by atoms with Gasteiger partial charge in [0, 0.05) is 24.9 Å². The minimum absolute atomic E-state index is 0.0559. The predicted molar refractivity (Wildman–Crippen MR) is 106 cm³/mol. The Labute approximate surface area is 164 Å². The lowest BCUT2D eigenvalue weighted by molar-refractivity contribution is -0.127. The van der Waals surface area contributed by atoms with E-state index in [2.05, 4.69) is 5.32 Å². The monoisotopic (exact) mass is 380 g/mol. The second-order valence-corrected chi connectivity index (χ2v) is 7.04. The molecule has 2 heterocycles. The van der Waals surface area contributed by atoms with Gasteiger partial charge in [0.1, 0.15) is 11.5 Å². The lowest BCUT2D eigenvalue weighted by Gasteiger charge is -2.27. The minimum atomic E-state index is -0.378. The van der Waals surface area contributed by atoms with Crippen LogP contribution < -0.4 is 19.7 Å². The van der Waals surface area contributed by atoms with Gasteiger partial charge in [-0.05, 0) is 25.1 Å². The molecule has 0 radical (unpaired) electrons. The van der Waals surface area contributed by atoms with Crippen LogP contribution in [0.15, 0.2) is 48.5 Å². The van der Waals surface area contributed by atoms with Crippen LogP contribution in [0.2, 0.25) is 0 Å². The SMILES string of the molecule is CCOc1ccccc1N1C[C@@H](C(=O)N[C@@H]2CCOc3ccccc32)CC1=O. The molecule has 0 aromatic heterocycles. The molecule has 2 amide bonds. The molecule has 2 aromatic carbocycles. The first-order chi connectivity index (χ1) is 13.7. The highest BCUT2D eigenvalue weighted by atomic mass is 16.5. The van der Waals surface area contributed by atoms with Crippen LogP contribution in [0.4, 0.5) is 5.69 Å². The van der Waals surface area contributed by atoms with Crippen molar-refractivity contribution in [3.05, 3.63) is 54.1 Å². The summed E-state index contributed by atoms with van der Waals surface area (Å²) in [4.78, 5) is 27.2. The lowest BCUT2D eigenvalue weighted by atomic mass is 9.99. The van der Waals surface area contributed by atoms with Crippen LogP contribution >= 0.6 is 0 Å². The summed E-state index contributed by atoms with van der Waals surface area (Å²) < 4.78 is 11.3. The van der Waals surface area contributed by atoms with Gasteiger partial charge in [0.05, 0.1) is 30.9 Å². The molecule has 2 aliphatic heterocycles. The van der Waals surface area contributed by atoms with E-state index in [-0.39, 0.29) is 30.2 Å². The summed E-state index contributed by atoms with van der Waals surface area (Å²) in [5.41, 5.74) is 1.71. The van der Waals surface area contributed by atoms with Gasteiger partial charge >= 0.3 is 0 Å². The second-order valence-electron chi connectivity index (χ2n) is 7.04. The molecule has 2 atom stereocenters. The van der Waals surface area contributed by atoms with Crippen LogP contribution in [0, 0.1) is 5.92 Å². The van der Waals surface area contributed by atoms with E-state index in [4.69, 9.17) is 9.47 Å². The molecule has 146 valence electrons. The van der Waals surface area contributed by atoms with Crippen molar-refractivity contribution in [2.24, 2.45) is 5.92 Å². The Hall–Kier alpha value is -3.02. The van der Waals surface area contributed by atoms with Crippen molar-refractivity contribution in [2.75, 3.05) is 24.7 Å². The fourth-order valence-corrected chi connectivity index (χ4v) is 3.86. The number of benzene rings is 2. The number of anilines is 1. The summed E-state index contributed by atoms with van der Waals surface area (Å²) in [6, 6.07) is 15.1. The van der Waals surface area contributed by atoms with Crippen LogP contribution in [0.1, 0.15) is 31.4 Å². The fourth-order valence-electron chi connectivity index (χ4n) is 3.86. The van der Waals surface area contributed by atoms with E-state index in [1.54, 1.807) is 4.90 Å². The van der Waals surface area contributed by atoms with Crippen LogP contribution in [0.5, 0.6) is 11.5 Å². The Kier molecular flexibility index (Phi) is 5.19. The van der Waals surface area contributed by atoms with Gasteiger partial charge in [-0.3, -0.25) is 9.59 Å². The number of amides is 2. The topological polar surface area (TPSA) is 67.9 Å². The molecule has 1 fully saturated rings. The molecule has 0 unspecified atom stereocenters. The number of fused-ring (bicyclic) bond motifs is 1. The van der Waals surface area contributed by atoms with Gasteiger partial charge in [-0.2, -0.15) is 0 Å². The molecule has 1 saturated heterocycles. The highest BCUT2D eigenvalue weighted by Gasteiger charge is 2.37. The maximum atomic E-state index is 12.9. The van der Waals surface area contributed by atoms with Crippen molar-refractivity contribution in [3.63, 3.8) is 0 Å². The zero-order valence-corrected chi connectivity index (χ0v) is 15.9. The van der Waals surface area contributed by atoms with Crippen LogP contribution in [0.25, 0.3) is 0 Å². The molecule has 0 spiro atoms. The number of nitrogens with one attached hydrogen (secondary N) is 1. The van der Waals surface area contributed by atoms with E-state index in [0.717, 1.165) is 23.4 Å². The third-order valence-electron chi connectivity index (χ3n) is 5.23. The highest BCUT2D eigenvalue weighted by molar-refractivity contribution is 6.01. The second kappa shape index (κ2) is 7.92. The summed E-state index contributed by atoms with van der Waals surface area (Å²) in [6.07, 6.45) is 0.928. The molecule has 6 nitrogen and oxygen atoms in total. The van der Waals surface area contributed by atoms with Crippen LogP contribution in [-0.4, -0.2) is 31.6 Å².